The summed E-state index contributed by atoms with van der Waals surface area (Å²) >= 11 is 0. The molecular weight excluding hydrogens is 114 g/mol. The van der Waals surface area contributed by atoms with Gasteiger partial charge in [-0.25, -0.2) is 0 Å². The van der Waals surface area contributed by atoms with Crippen molar-refractivity contribution in [2.45, 2.75) is 40.7 Å². The molecule has 0 spiro atoms. The molecule has 0 radical (unpaired) electrons. The molecule has 0 bridgehead atoms. The molecule has 0 saturated carbocycles. The number of aliphatic hydroxyl groups excluding tert-OH is 1. The second-order valence-corrected chi connectivity index (χ2v) is 2.59. The molecule has 0 atom stereocenters. The van der Waals surface area contributed by atoms with Crippen LogP contribution in [0.1, 0.15) is 36.0 Å². The van der Waals surface area contributed by atoms with E-state index in [0.29, 0.717) is 0 Å². The first-order chi connectivity index (χ1) is 3.46. The van der Waals surface area contributed by atoms with E-state index >= 15 is 0 Å². The third-order valence-corrected chi connectivity index (χ3v) is 0. The van der Waals surface area contributed by atoms with Crippen molar-refractivity contribution in [2.24, 2.45) is 0 Å². The van der Waals surface area contributed by atoms with Gasteiger partial charge in [-0.05, 0) is 13.8 Å². The standard InChI is InChI=1S/C4H9.C3H8O.2Li.H/c1-4(2)3;1-3(2)4;;;/h1-3H3;3-4H,1-2H3;;;/q-1;;2*+1;-1. The van der Waals surface area contributed by atoms with E-state index < -0.39 is 0 Å². The minimum absolute atomic E-state index is 0. The monoisotopic (exact) mass is 132 g/mol. The van der Waals surface area contributed by atoms with Crippen LogP contribution in [-0.2, 0) is 0 Å². The molecular formula is C7H18Li2O. The van der Waals surface area contributed by atoms with Crippen LogP contribution in [0.5, 0.6) is 0 Å². The molecule has 0 aliphatic rings. The zero-order valence-corrected chi connectivity index (χ0v) is 8.52. The first kappa shape index (κ1) is 22.5. The molecule has 1 nitrogen and oxygen atoms in total. The van der Waals surface area contributed by atoms with E-state index in [1.807, 2.05) is 0 Å². The molecule has 0 aromatic carbocycles. The van der Waals surface area contributed by atoms with Crippen LogP contribution in [0.25, 0.3) is 0 Å². The molecule has 3 heteroatoms. The van der Waals surface area contributed by atoms with E-state index in [2.05, 4.69) is 20.8 Å². The number of hydrogen-bond donors (Lipinski definition) is 1. The Kier molecular flexibility index (Phi) is 37.4. The van der Waals surface area contributed by atoms with Crippen molar-refractivity contribution in [3.63, 3.8) is 0 Å². The normalized spacial score (nSPS) is 7.20. The van der Waals surface area contributed by atoms with E-state index in [-0.39, 0.29) is 45.3 Å². The van der Waals surface area contributed by atoms with Crippen molar-refractivity contribution in [3.05, 3.63) is 5.92 Å². The van der Waals surface area contributed by atoms with Crippen molar-refractivity contribution in [2.75, 3.05) is 0 Å². The maximum Gasteiger partial charge on any atom is 1.00 e. The summed E-state index contributed by atoms with van der Waals surface area (Å²) in [6.45, 7) is 9.69. The molecule has 0 unspecified atom stereocenters. The fraction of sp³-hybridized carbons (Fsp3) is 0.857. The number of hydrogen-bond acceptors (Lipinski definition) is 1. The molecule has 0 aliphatic heterocycles. The zero-order valence-electron chi connectivity index (χ0n) is 9.52. The molecule has 0 fully saturated rings. The molecule has 0 rings (SSSR count). The van der Waals surface area contributed by atoms with Crippen LogP contribution in [0.3, 0.4) is 0 Å². The molecule has 1 N–H and O–H groups in total. The molecule has 0 amide bonds. The van der Waals surface area contributed by atoms with Gasteiger partial charge in [-0.15, -0.1) is 0 Å². The van der Waals surface area contributed by atoms with Crippen molar-refractivity contribution < 1.29 is 44.3 Å². The van der Waals surface area contributed by atoms with Crippen molar-refractivity contribution in [1.82, 2.24) is 0 Å². The van der Waals surface area contributed by atoms with Gasteiger partial charge in [0.2, 0.25) is 0 Å². The Bertz CT molecular complexity index is 31.9. The molecule has 0 saturated heterocycles. The Morgan fingerprint density at radius 3 is 1.10 bits per heavy atom. The molecule has 0 heterocycles. The molecule has 0 aromatic rings. The minimum Gasteiger partial charge on any atom is -1.00 e. The van der Waals surface area contributed by atoms with Crippen LogP contribution in [0.4, 0.5) is 0 Å². The Morgan fingerprint density at radius 2 is 1.10 bits per heavy atom. The summed E-state index contributed by atoms with van der Waals surface area (Å²) < 4.78 is 0. The van der Waals surface area contributed by atoms with E-state index in [1.54, 1.807) is 13.8 Å². The SMILES string of the molecule is CC(C)O.C[C-](C)C.[H-].[Li+].[Li+]. The summed E-state index contributed by atoms with van der Waals surface area (Å²) in [5, 5.41) is 8.06. The van der Waals surface area contributed by atoms with E-state index in [1.165, 1.54) is 5.92 Å². The fourth-order valence-corrected chi connectivity index (χ4v) is 0. The second-order valence-electron chi connectivity index (χ2n) is 2.59. The summed E-state index contributed by atoms with van der Waals surface area (Å²) in [4.78, 5) is 0. The fourth-order valence-electron chi connectivity index (χ4n) is 0. The summed E-state index contributed by atoms with van der Waals surface area (Å²) in [5.74, 6) is 1.42. The van der Waals surface area contributed by atoms with Crippen molar-refractivity contribution in [3.8, 4) is 0 Å². The summed E-state index contributed by atoms with van der Waals surface area (Å²) in [5.41, 5.74) is 0. The van der Waals surface area contributed by atoms with Crippen LogP contribution in [0.2, 0.25) is 0 Å². The number of aliphatic hydroxyl groups is 1. The number of rotatable bonds is 0. The molecule has 0 aliphatic carbocycles. The molecule has 54 valence electrons. The largest absolute Gasteiger partial charge is 1.00 e. The van der Waals surface area contributed by atoms with Gasteiger partial charge in [-0.3, -0.25) is 0 Å². The first-order valence-corrected chi connectivity index (χ1v) is 2.91. The van der Waals surface area contributed by atoms with Crippen molar-refractivity contribution >= 4 is 0 Å². The smallest absolute Gasteiger partial charge is 1.00 e. The van der Waals surface area contributed by atoms with Crippen LogP contribution < -0.4 is 37.7 Å². The Morgan fingerprint density at radius 1 is 1.10 bits per heavy atom. The van der Waals surface area contributed by atoms with Gasteiger partial charge in [-0.1, -0.05) is 0 Å². The zero-order chi connectivity index (χ0) is 7.15. The predicted molar refractivity (Wildman–Crippen MR) is 38.7 cm³/mol. The van der Waals surface area contributed by atoms with Crippen LogP contribution >= 0.6 is 0 Å². The van der Waals surface area contributed by atoms with Crippen LogP contribution in [0.15, 0.2) is 0 Å². The Balaban J connectivity index is -0.0000000171. The van der Waals surface area contributed by atoms with Gasteiger partial charge in [0.25, 0.3) is 0 Å². The van der Waals surface area contributed by atoms with Gasteiger partial charge in [0, 0.05) is 6.10 Å². The Labute approximate surface area is 90.8 Å². The topological polar surface area (TPSA) is 20.2 Å². The molecule has 0 aromatic heterocycles. The Hall–Kier alpha value is 1.15. The van der Waals surface area contributed by atoms with Crippen LogP contribution in [0, 0.1) is 5.92 Å². The van der Waals surface area contributed by atoms with E-state index in [9.17, 15) is 0 Å². The van der Waals surface area contributed by atoms with Gasteiger partial charge in [-0.2, -0.15) is 20.8 Å². The summed E-state index contributed by atoms with van der Waals surface area (Å²) in [7, 11) is 0. The molecule has 10 heavy (non-hydrogen) atoms. The van der Waals surface area contributed by atoms with Gasteiger partial charge >= 0.3 is 37.7 Å². The first-order valence-electron chi connectivity index (χ1n) is 2.91. The van der Waals surface area contributed by atoms with E-state index in [0.717, 1.165) is 0 Å². The average molecular weight is 132 g/mol. The quantitative estimate of drug-likeness (QED) is 0.264. The third-order valence-electron chi connectivity index (χ3n) is 0. The third kappa shape index (κ3) is 457. The van der Waals surface area contributed by atoms with Gasteiger partial charge in [0.15, 0.2) is 0 Å². The van der Waals surface area contributed by atoms with E-state index in [4.69, 9.17) is 5.11 Å². The van der Waals surface area contributed by atoms with Gasteiger partial charge in [0.05, 0.1) is 0 Å². The van der Waals surface area contributed by atoms with Gasteiger partial charge < -0.3 is 12.5 Å². The van der Waals surface area contributed by atoms with Crippen molar-refractivity contribution in [1.29, 1.82) is 0 Å². The summed E-state index contributed by atoms with van der Waals surface area (Å²) in [6, 6.07) is 0. The average Bonchev–Trinajstić information content (AvgIpc) is 1.25. The maximum atomic E-state index is 8.06. The van der Waals surface area contributed by atoms with Gasteiger partial charge in [0.1, 0.15) is 0 Å². The maximum absolute atomic E-state index is 8.06. The predicted octanol–water partition coefficient (Wildman–Crippen LogP) is -3.87. The summed E-state index contributed by atoms with van der Waals surface area (Å²) in [6.07, 6.45) is -0.167. The van der Waals surface area contributed by atoms with Crippen LogP contribution in [-0.4, -0.2) is 11.2 Å². The minimum atomic E-state index is -0.167. The second kappa shape index (κ2) is 16.6.